The van der Waals surface area contributed by atoms with Crippen LogP contribution in [-0.2, 0) is 17.1 Å². The summed E-state index contributed by atoms with van der Waals surface area (Å²) < 4.78 is 28.6. The minimum Gasteiger partial charge on any atom is -0.382 e. The van der Waals surface area contributed by atoms with Crippen molar-refractivity contribution in [3.8, 4) is 11.1 Å². The molecule has 1 aromatic carbocycles. The van der Waals surface area contributed by atoms with Crippen LogP contribution in [0.25, 0.3) is 22.2 Å². The molecule has 8 heteroatoms. The van der Waals surface area contributed by atoms with E-state index in [-0.39, 0.29) is 4.90 Å². The van der Waals surface area contributed by atoms with E-state index in [1.54, 1.807) is 66.6 Å². The second-order valence-corrected chi connectivity index (χ2v) is 7.44. The summed E-state index contributed by atoms with van der Waals surface area (Å²) in [5.41, 5.74) is 7.85. The quantitative estimate of drug-likeness (QED) is 0.609. The fourth-order valence-corrected chi connectivity index (χ4v) is 4.19. The van der Waals surface area contributed by atoms with Gasteiger partial charge in [-0.1, -0.05) is 18.2 Å². The topological polar surface area (TPSA) is 95.8 Å². The van der Waals surface area contributed by atoms with E-state index in [1.165, 1.54) is 10.2 Å². The summed E-state index contributed by atoms with van der Waals surface area (Å²) in [5, 5.41) is 4.84. The molecule has 4 aromatic rings. The molecule has 2 N–H and O–H groups in total. The minimum absolute atomic E-state index is 0.209. The molecule has 4 rings (SSSR count). The number of aryl methyl sites for hydroxylation is 1. The second kappa shape index (κ2) is 5.45. The molecule has 0 atom stereocenters. The number of fused-ring (bicyclic) bond motifs is 1. The SMILES string of the molecule is Cn1cc(-c2ccnc3c2ccn3S(=O)(=O)c2ccccc2)c(N)n1. The molecule has 0 saturated heterocycles. The Balaban J connectivity index is 1.95. The summed E-state index contributed by atoms with van der Waals surface area (Å²) >= 11 is 0. The van der Waals surface area contributed by atoms with Gasteiger partial charge in [-0.3, -0.25) is 4.68 Å². The van der Waals surface area contributed by atoms with Gasteiger partial charge < -0.3 is 5.73 Å². The van der Waals surface area contributed by atoms with Gasteiger partial charge in [0.2, 0.25) is 0 Å². The Labute approximate surface area is 144 Å². The van der Waals surface area contributed by atoms with Crippen LogP contribution in [-0.4, -0.2) is 27.2 Å². The first kappa shape index (κ1) is 15.4. The standard InChI is InChI=1S/C17H15N5O2S/c1-21-11-15(16(18)20-21)13-7-9-19-17-14(13)8-10-22(17)25(23,24)12-5-3-2-4-6-12/h2-11H,1H3,(H2,18,20). The fourth-order valence-electron chi connectivity index (χ4n) is 2.86. The van der Waals surface area contributed by atoms with Crippen LogP contribution in [0, 0.1) is 0 Å². The van der Waals surface area contributed by atoms with Gasteiger partial charge in [0.1, 0.15) is 0 Å². The molecule has 0 aliphatic rings. The summed E-state index contributed by atoms with van der Waals surface area (Å²) in [4.78, 5) is 4.48. The van der Waals surface area contributed by atoms with Crippen molar-refractivity contribution < 1.29 is 8.42 Å². The lowest BCUT2D eigenvalue weighted by molar-refractivity contribution is 0.589. The third-order valence-electron chi connectivity index (χ3n) is 4.00. The van der Waals surface area contributed by atoms with Crippen LogP contribution >= 0.6 is 0 Å². The van der Waals surface area contributed by atoms with Crippen LogP contribution < -0.4 is 5.73 Å². The van der Waals surface area contributed by atoms with E-state index in [1.807, 2.05) is 0 Å². The number of nitrogen functional groups attached to an aromatic ring is 1. The van der Waals surface area contributed by atoms with Gasteiger partial charge in [-0.25, -0.2) is 17.4 Å². The van der Waals surface area contributed by atoms with Gasteiger partial charge in [0, 0.05) is 36.6 Å². The third kappa shape index (κ3) is 2.38. The third-order valence-corrected chi connectivity index (χ3v) is 5.68. The lowest BCUT2D eigenvalue weighted by Crippen LogP contribution is -2.12. The molecule has 0 amide bonds. The first-order valence-electron chi connectivity index (χ1n) is 7.54. The van der Waals surface area contributed by atoms with Gasteiger partial charge in [-0.15, -0.1) is 0 Å². The van der Waals surface area contributed by atoms with Crippen LogP contribution in [0.5, 0.6) is 0 Å². The number of hydrogen-bond acceptors (Lipinski definition) is 5. The highest BCUT2D eigenvalue weighted by molar-refractivity contribution is 7.90. The van der Waals surface area contributed by atoms with Crippen molar-refractivity contribution in [1.82, 2.24) is 18.7 Å². The number of hydrogen-bond donors (Lipinski definition) is 1. The van der Waals surface area contributed by atoms with Crippen molar-refractivity contribution in [3.63, 3.8) is 0 Å². The van der Waals surface area contributed by atoms with E-state index in [0.717, 1.165) is 11.1 Å². The maximum Gasteiger partial charge on any atom is 0.269 e. The first-order chi connectivity index (χ1) is 12.0. The molecule has 126 valence electrons. The van der Waals surface area contributed by atoms with Crippen molar-refractivity contribution in [2.75, 3.05) is 5.73 Å². The predicted octanol–water partition coefficient (Wildman–Crippen LogP) is 2.26. The van der Waals surface area contributed by atoms with E-state index in [4.69, 9.17) is 5.73 Å². The van der Waals surface area contributed by atoms with E-state index in [2.05, 4.69) is 10.1 Å². The Morgan fingerprint density at radius 3 is 2.48 bits per heavy atom. The van der Waals surface area contributed by atoms with Crippen molar-refractivity contribution >= 4 is 26.9 Å². The average molecular weight is 353 g/mol. The van der Waals surface area contributed by atoms with Crippen molar-refractivity contribution in [3.05, 3.63) is 61.1 Å². The Bertz CT molecular complexity index is 1180. The molecule has 25 heavy (non-hydrogen) atoms. The van der Waals surface area contributed by atoms with Crippen LogP contribution in [0.15, 0.2) is 66.0 Å². The monoisotopic (exact) mass is 353 g/mol. The number of anilines is 1. The highest BCUT2D eigenvalue weighted by Gasteiger charge is 2.21. The van der Waals surface area contributed by atoms with Crippen molar-refractivity contribution in [2.45, 2.75) is 4.90 Å². The normalized spacial score (nSPS) is 11.9. The zero-order valence-corrected chi connectivity index (χ0v) is 14.2. The van der Waals surface area contributed by atoms with E-state index in [0.29, 0.717) is 16.9 Å². The zero-order chi connectivity index (χ0) is 17.6. The molecule has 0 aliphatic carbocycles. The van der Waals surface area contributed by atoms with E-state index in [9.17, 15) is 8.42 Å². The van der Waals surface area contributed by atoms with Crippen LogP contribution in [0.3, 0.4) is 0 Å². The smallest absolute Gasteiger partial charge is 0.269 e. The van der Waals surface area contributed by atoms with Crippen molar-refractivity contribution in [2.24, 2.45) is 7.05 Å². The molecule has 3 heterocycles. The van der Waals surface area contributed by atoms with Gasteiger partial charge in [0.15, 0.2) is 11.5 Å². The number of pyridine rings is 1. The molecular formula is C17H15N5O2S. The summed E-state index contributed by atoms with van der Waals surface area (Å²) in [6.45, 7) is 0. The number of benzene rings is 1. The molecule has 0 saturated carbocycles. The largest absolute Gasteiger partial charge is 0.382 e. The van der Waals surface area contributed by atoms with Crippen molar-refractivity contribution in [1.29, 1.82) is 0 Å². The maximum atomic E-state index is 12.9. The van der Waals surface area contributed by atoms with Crippen LogP contribution in [0.4, 0.5) is 5.82 Å². The summed E-state index contributed by atoms with van der Waals surface area (Å²) in [6.07, 6.45) is 4.88. The lowest BCUT2D eigenvalue weighted by atomic mass is 10.1. The van der Waals surface area contributed by atoms with Gasteiger partial charge in [0.05, 0.1) is 4.90 Å². The molecule has 0 spiro atoms. The highest BCUT2D eigenvalue weighted by atomic mass is 32.2. The van der Waals surface area contributed by atoms with E-state index < -0.39 is 10.0 Å². The molecule has 0 bridgehead atoms. The maximum absolute atomic E-state index is 12.9. The van der Waals surface area contributed by atoms with Gasteiger partial charge in [0.25, 0.3) is 10.0 Å². The lowest BCUT2D eigenvalue weighted by Gasteiger charge is -2.07. The molecule has 0 radical (unpaired) electrons. The minimum atomic E-state index is -3.72. The van der Waals surface area contributed by atoms with Gasteiger partial charge >= 0.3 is 0 Å². The Hall–Kier alpha value is -3.13. The van der Waals surface area contributed by atoms with Gasteiger partial charge in [-0.05, 0) is 29.8 Å². The molecule has 3 aromatic heterocycles. The van der Waals surface area contributed by atoms with Crippen LogP contribution in [0.1, 0.15) is 0 Å². The number of nitrogens with two attached hydrogens (primary N) is 1. The number of nitrogens with zero attached hydrogens (tertiary/aromatic N) is 4. The molecule has 7 nitrogen and oxygen atoms in total. The van der Waals surface area contributed by atoms with E-state index >= 15 is 0 Å². The number of aromatic nitrogens is 4. The summed E-state index contributed by atoms with van der Waals surface area (Å²) in [6, 6.07) is 11.8. The Morgan fingerprint density at radius 1 is 1.04 bits per heavy atom. The predicted molar refractivity (Wildman–Crippen MR) is 95.4 cm³/mol. The highest BCUT2D eigenvalue weighted by Crippen LogP contribution is 2.32. The molecule has 0 fully saturated rings. The second-order valence-electron chi connectivity index (χ2n) is 5.63. The number of rotatable bonds is 3. The first-order valence-corrected chi connectivity index (χ1v) is 8.98. The van der Waals surface area contributed by atoms with Crippen LogP contribution in [0.2, 0.25) is 0 Å². The van der Waals surface area contributed by atoms with Gasteiger partial charge in [-0.2, -0.15) is 5.10 Å². The average Bonchev–Trinajstić information content (AvgIpc) is 3.18. The zero-order valence-electron chi connectivity index (χ0n) is 13.4. The Kier molecular flexibility index (Phi) is 3.36. The molecule has 0 unspecified atom stereocenters. The Morgan fingerprint density at radius 2 is 1.80 bits per heavy atom. The molecule has 0 aliphatic heterocycles. The fraction of sp³-hybridized carbons (Fsp3) is 0.0588. The summed E-state index contributed by atoms with van der Waals surface area (Å²) in [7, 11) is -1.94. The summed E-state index contributed by atoms with van der Waals surface area (Å²) in [5.74, 6) is 0.383. The molecular weight excluding hydrogens is 338 g/mol.